The summed E-state index contributed by atoms with van der Waals surface area (Å²) in [6, 6.07) is 9.73. The predicted molar refractivity (Wildman–Crippen MR) is 70.8 cm³/mol. The summed E-state index contributed by atoms with van der Waals surface area (Å²) in [6.07, 6.45) is 1.91. The van der Waals surface area contributed by atoms with E-state index in [0.717, 1.165) is 27.8 Å². The second-order valence-corrected chi connectivity index (χ2v) is 5.01. The first kappa shape index (κ1) is 10.6. The smallest absolute Gasteiger partial charge is 0.231 e. The minimum atomic E-state index is 0.274. The lowest BCUT2D eigenvalue weighted by atomic mass is 10.3. The maximum absolute atomic E-state index is 5.36. The molecule has 3 aromatic rings. The lowest BCUT2D eigenvalue weighted by Crippen LogP contribution is -1.94. The number of ether oxygens (including phenoxy) is 2. The van der Waals surface area contributed by atoms with Crippen LogP contribution in [0.2, 0.25) is 0 Å². The Morgan fingerprint density at radius 1 is 1.16 bits per heavy atom. The molecular weight excluding hydrogens is 262 g/mol. The fourth-order valence-corrected chi connectivity index (χ4v) is 2.63. The van der Waals surface area contributed by atoms with Crippen LogP contribution in [-0.2, 0) is 0 Å². The zero-order chi connectivity index (χ0) is 12.7. The zero-order valence-corrected chi connectivity index (χ0v) is 10.6. The van der Waals surface area contributed by atoms with Gasteiger partial charge in [-0.05, 0) is 23.6 Å². The van der Waals surface area contributed by atoms with Crippen LogP contribution in [0.1, 0.15) is 0 Å². The molecule has 94 valence electrons. The fourth-order valence-electron chi connectivity index (χ4n) is 1.95. The molecule has 0 aliphatic carbocycles. The van der Waals surface area contributed by atoms with Crippen molar-refractivity contribution in [1.29, 1.82) is 0 Å². The maximum Gasteiger partial charge on any atom is 0.231 e. The van der Waals surface area contributed by atoms with Crippen LogP contribution < -0.4 is 9.47 Å². The van der Waals surface area contributed by atoms with E-state index in [1.807, 2.05) is 41.9 Å². The molecule has 5 nitrogen and oxygen atoms in total. The fraction of sp³-hybridized carbons (Fsp3) is 0.0769. The monoisotopic (exact) mass is 271 g/mol. The Morgan fingerprint density at radius 2 is 2.11 bits per heavy atom. The molecule has 0 saturated carbocycles. The molecule has 2 aromatic heterocycles. The summed E-state index contributed by atoms with van der Waals surface area (Å²) in [6.45, 7) is 0.274. The van der Waals surface area contributed by atoms with Crippen molar-refractivity contribution >= 4 is 11.3 Å². The largest absolute Gasteiger partial charge is 0.454 e. The van der Waals surface area contributed by atoms with Crippen LogP contribution in [0.4, 0.5) is 0 Å². The van der Waals surface area contributed by atoms with Gasteiger partial charge in [-0.2, -0.15) is 0 Å². The van der Waals surface area contributed by atoms with E-state index >= 15 is 0 Å². The molecule has 3 heterocycles. The minimum absolute atomic E-state index is 0.274. The van der Waals surface area contributed by atoms with Gasteiger partial charge in [0.05, 0.1) is 16.8 Å². The Morgan fingerprint density at radius 3 is 3.00 bits per heavy atom. The minimum Gasteiger partial charge on any atom is -0.454 e. The number of thiophene rings is 1. The molecule has 0 radical (unpaired) electrons. The second kappa shape index (κ2) is 4.10. The summed E-state index contributed by atoms with van der Waals surface area (Å²) in [5, 5.41) is 10.3. The summed E-state index contributed by atoms with van der Waals surface area (Å²) in [5.41, 5.74) is 1.77. The van der Waals surface area contributed by atoms with E-state index in [9.17, 15) is 0 Å². The Balaban J connectivity index is 1.73. The van der Waals surface area contributed by atoms with Crippen molar-refractivity contribution in [1.82, 2.24) is 15.0 Å². The number of hydrogen-bond acceptors (Lipinski definition) is 5. The highest BCUT2D eigenvalue weighted by Crippen LogP contribution is 2.33. The number of rotatable bonds is 2. The third-order valence-corrected chi connectivity index (χ3v) is 3.78. The molecule has 0 atom stereocenters. The summed E-state index contributed by atoms with van der Waals surface area (Å²) in [7, 11) is 0. The molecule has 0 saturated heterocycles. The third-order valence-electron chi connectivity index (χ3n) is 2.89. The van der Waals surface area contributed by atoms with Crippen molar-refractivity contribution in [2.75, 3.05) is 6.79 Å². The number of benzene rings is 1. The zero-order valence-electron chi connectivity index (χ0n) is 9.81. The Kier molecular flexibility index (Phi) is 2.28. The molecule has 0 unspecified atom stereocenters. The highest BCUT2D eigenvalue weighted by Gasteiger charge is 2.14. The van der Waals surface area contributed by atoms with E-state index in [1.165, 1.54) is 0 Å². The van der Waals surface area contributed by atoms with Gasteiger partial charge in [-0.1, -0.05) is 11.3 Å². The van der Waals surface area contributed by atoms with Crippen LogP contribution in [0.5, 0.6) is 11.5 Å². The van der Waals surface area contributed by atoms with Gasteiger partial charge in [-0.15, -0.1) is 16.4 Å². The summed E-state index contributed by atoms with van der Waals surface area (Å²) in [4.78, 5) is 1.10. The van der Waals surface area contributed by atoms with Crippen LogP contribution >= 0.6 is 11.3 Å². The average molecular weight is 271 g/mol. The van der Waals surface area contributed by atoms with Crippen molar-refractivity contribution in [2.24, 2.45) is 0 Å². The van der Waals surface area contributed by atoms with E-state index in [4.69, 9.17) is 9.47 Å². The van der Waals surface area contributed by atoms with E-state index in [1.54, 1.807) is 16.0 Å². The first-order chi connectivity index (χ1) is 9.40. The summed E-state index contributed by atoms with van der Waals surface area (Å²) in [5.74, 6) is 1.51. The van der Waals surface area contributed by atoms with Crippen LogP contribution in [0.25, 0.3) is 16.3 Å². The predicted octanol–water partition coefficient (Wildman–Crippen LogP) is 2.72. The summed E-state index contributed by atoms with van der Waals surface area (Å²) < 4.78 is 12.4. The van der Waals surface area contributed by atoms with Crippen molar-refractivity contribution in [3.8, 4) is 27.8 Å². The molecule has 1 aliphatic heterocycles. The number of hydrogen-bond donors (Lipinski definition) is 0. The van der Waals surface area contributed by atoms with Gasteiger partial charge in [0.15, 0.2) is 11.5 Å². The molecule has 0 spiro atoms. The van der Waals surface area contributed by atoms with Gasteiger partial charge >= 0.3 is 0 Å². The first-order valence-electron chi connectivity index (χ1n) is 5.76. The molecule has 0 bridgehead atoms. The normalized spacial score (nSPS) is 12.8. The molecular formula is C13H9N3O2S. The van der Waals surface area contributed by atoms with Crippen LogP contribution in [-0.4, -0.2) is 21.8 Å². The van der Waals surface area contributed by atoms with Crippen LogP contribution in [0, 0.1) is 0 Å². The first-order valence-corrected chi connectivity index (χ1v) is 6.64. The van der Waals surface area contributed by atoms with E-state index in [2.05, 4.69) is 10.3 Å². The quantitative estimate of drug-likeness (QED) is 0.719. The Bertz CT molecular complexity index is 721. The average Bonchev–Trinajstić information content (AvgIpc) is 3.18. The lowest BCUT2D eigenvalue weighted by molar-refractivity contribution is 0.174. The molecule has 1 aliphatic rings. The molecule has 0 amide bonds. The number of fused-ring (bicyclic) bond motifs is 1. The van der Waals surface area contributed by atoms with Crippen LogP contribution in [0.3, 0.4) is 0 Å². The highest BCUT2D eigenvalue weighted by atomic mass is 32.1. The topological polar surface area (TPSA) is 49.2 Å². The van der Waals surface area contributed by atoms with Crippen molar-refractivity contribution in [3.63, 3.8) is 0 Å². The third kappa shape index (κ3) is 1.77. The molecule has 0 fully saturated rings. The van der Waals surface area contributed by atoms with E-state index in [0.29, 0.717) is 0 Å². The van der Waals surface area contributed by atoms with Gasteiger partial charge < -0.3 is 9.47 Å². The van der Waals surface area contributed by atoms with Gasteiger partial charge in [0.2, 0.25) is 6.79 Å². The number of nitrogens with zero attached hydrogens (tertiary/aromatic N) is 3. The van der Waals surface area contributed by atoms with E-state index < -0.39 is 0 Å². The Hall–Kier alpha value is -2.34. The van der Waals surface area contributed by atoms with Gasteiger partial charge in [-0.25, -0.2) is 4.68 Å². The summed E-state index contributed by atoms with van der Waals surface area (Å²) >= 11 is 1.64. The lowest BCUT2D eigenvalue weighted by Gasteiger charge is -2.01. The number of aromatic nitrogens is 3. The molecule has 1 aromatic carbocycles. The molecule has 19 heavy (non-hydrogen) atoms. The maximum atomic E-state index is 5.36. The van der Waals surface area contributed by atoms with E-state index in [-0.39, 0.29) is 6.79 Å². The van der Waals surface area contributed by atoms with Crippen LogP contribution in [0.15, 0.2) is 41.9 Å². The molecule has 4 rings (SSSR count). The SMILES string of the molecule is c1csc(-c2cn(-c3ccc4c(c3)OCO4)nn2)c1. The Labute approximate surface area is 113 Å². The molecule has 6 heteroatoms. The van der Waals surface area contributed by atoms with Gasteiger partial charge in [0.25, 0.3) is 0 Å². The van der Waals surface area contributed by atoms with Gasteiger partial charge in [0, 0.05) is 6.07 Å². The second-order valence-electron chi connectivity index (χ2n) is 4.06. The van der Waals surface area contributed by atoms with Crippen molar-refractivity contribution in [3.05, 3.63) is 41.9 Å². The van der Waals surface area contributed by atoms with Crippen molar-refractivity contribution < 1.29 is 9.47 Å². The van der Waals surface area contributed by atoms with Crippen molar-refractivity contribution in [2.45, 2.75) is 0 Å². The van der Waals surface area contributed by atoms with Gasteiger partial charge in [-0.3, -0.25) is 0 Å². The molecule has 0 N–H and O–H groups in total. The van der Waals surface area contributed by atoms with Gasteiger partial charge in [0.1, 0.15) is 5.69 Å². The highest BCUT2D eigenvalue weighted by molar-refractivity contribution is 7.13. The standard InChI is InChI=1S/C13H9N3O2S/c1-2-13(19-5-1)10-7-16(15-14-10)9-3-4-11-12(6-9)18-8-17-11/h1-7H,8H2.